The molecule has 1 aliphatic rings. The van der Waals surface area contributed by atoms with Crippen LogP contribution in [-0.4, -0.2) is 11.2 Å². The smallest absolute Gasteiger partial charge is 0.0577 e. The summed E-state index contributed by atoms with van der Waals surface area (Å²) in [5, 5.41) is 9.65. The van der Waals surface area contributed by atoms with Crippen molar-refractivity contribution in [3.05, 3.63) is 0 Å². The van der Waals surface area contributed by atoms with Crippen LogP contribution >= 0.6 is 0 Å². The SMILES string of the molecule is CC#CCC1CC(C)CCC1O. The van der Waals surface area contributed by atoms with Gasteiger partial charge in [0.25, 0.3) is 0 Å². The van der Waals surface area contributed by atoms with Gasteiger partial charge in [0.05, 0.1) is 6.10 Å². The molecule has 0 aromatic carbocycles. The summed E-state index contributed by atoms with van der Waals surface area (Å²) in [4.78, 5) is 0. The molecule has 0 amide bonds. The molecule has 0 aromatic rings. The van der Waals surface area contributed by atoms with Crippen LogP contribution in [0.15, 0.2) is 0 Å². The molecule has 1 nitrogen and oxygen atoms in total. The van der Waals surface area contributed by atoms with Gasteiger partial charge in [-0.1, -0.05) is 6.92 Å². The topological polar surface area (TPSA) is 20.2 Å². The zero-order chi connectivity index (χ0) is 8.97. The highest BCUT2D eigenvalue weighted by Gasteiger charge is 2.25. The van der Waals surface area contributed by atoms with Crippen molar-refractivity contribution >= 4 is 0 Å². The second-order valence-electron chi connectivity index (χ2n) is 3.88. The van der Waals surface area contributed by atoms with E-state index in [4.69, 9.17) is 0 Å². The zero-order valence-corrected chi connectivity index (χ0v) is 8.01. The molecule has 12 heavy (non-hydrogen) atoms. The molecule has 0 heterocycles. The third-order valence-corrected chi connectivity index (χ3v) is 2.75. The lowest BCUT2D eigenvalue weighted by atomic mass is 9.79. The first-order valence-electron chi connectivity index (χ1n) is 4.81. The molecule has 1 rings (SSSR count). The number of hydrogen-bond acceptors (Lipinski definition) is 1. The Labute approximate surface area is 75.2 Å². The summed E-state index contributed by atoms with van der Waals surface area (Å²) in [7, 11) is 0. The number of rotatable bonds is 1. The molecule has 1 N–H and O–H groups in total. The van der Waals surface area contributed by atoms with Gasteiger partial charge in [-0.25, -0.2) is 0 Å². The fraction of sp³-hybridized carbons (Fsp3) is 0.818. The lowest BCUT2D eigenvalue weighted by molar-refractivity contribution is 0.0543. The molecule has 0 radical (unpaired) electrons. The fourth-order valence-electron chi connectivity index (χ4n) is 1.94. The Hall–Kier alpha value is -0.480. The van der Waals surface area contributed by atoms with E-state index in [1.54, 1.807) is 0 Å². The Bertz CT molecular complexity index is 187. The molecule has 1 fully saturated rings. The van der Waals surface area contributed by atoms with E-state index in [2.05, 4.69) is 18.8 Å². The predicted octanol–water partition coefficient (Wildman–Crippen LogP) is 2.20. The quantitative estimate of drug-likeness (QED) is 0.592. The van der Waals surface area contributed by atoms with Crippen molar-refractivity contribution in [3.8, 4) is 11.8 Å². The number of hydrogen-bond donors (Lipinski definition) is 1. The molecule has 3 unspecified atom stereocenters. The van der Waals surface area contributed by atoms with Crippen LogP contribution in [0.25, 0.3) is 0 Å². The Kier molecular flexibility index (Phi) is 3.62. The van der Waals surface area contributed by atoms with Crippen LogP contribution in [0.3, 0.4) is 0 Å². The molecule has 1 saturated carbocycles. The van der Waals surface area contributed by atoms with Crippen molar-refractivity contribution in [3.63, 3.8) is 0 Å². The van der Waals surface area contributed by atoms with Gasteiger partial charge in [-0.05, 0) is 38.0 Å². The van der Waals surface area contributed by atoms with Gasteiger partial charge in [0, 0.05) is 6.42 Å². The summed E-state index contributed by atoms with van der Waals surface area (Å²) in [5.74, 6) is 7.15. The van der Waals surface area contributed by atoms with Crippen LogP contribution < -0.4 is 0 Å². The van der Waals surface area contributed by atoms with Gasteiger partial charge in [-0.2, -0.15) is 0 Å². The first kappa shape index (κ1) is 9.61. The molecule has 1 heteroatoms. The molecule has 68 valence electrons. The molecule has 0 aromatic heterocycles. The maximum atomic E-state index is 9.65. The molecule has 3 atom stereocenters. The number of aliphatic hydroxyl groups is 1. The average Bonchev–Trinajstić information content (AvgIpc) is 2.07. The van der Waals surface area contributed by atoms with E-state index >= 15 is 0 Å². The van der Waals surface area contributed by atoms with E-state index in [1.165, 1.54) is 6.42 Å². The maximum absolute atomic E-state index is 9.65. The molecule has 0 saturated heterocycles. The van der Waals surface area contributed by atoms with Gasteiger partial charge in [-0.3, -0.25) is 0 Å². The minimum absolute atomic E-state index is 0.0953. The van der Waals surface area contributed by atoms with Crippen molar-refractivity contribution in [2.75, 3.05) is 0 Å². The Morgan fingerprint density at radius 2 is 2.17 bits per heavy atom. The van der Waals surface area contributed by atoms with Gasteiger partial charge in [0.15, 0.2) is 0 Å². The van der Waals surface area contributed by atoms with Crippen LogP contribution in [0.1, 0.15) is 39.5 Å². The minimum atomic E-state index is -0.0953. The highest BCUT2D eigenvalue weighted by Crippen LogP contribution is 2.30. The molecule has 0 bridgehead atoms. The zero-order valence-electron chi connectivity index (χ0n) is 8.01. The van der Waals surface area contributed by atoms with E-state index in [-0.39, 0.29) is 6.10 Å². The molecule has 0 aliphatic heterocycles. The van der Waals surface area contributed by atoms with Crippen LogP contribution in [0.4, 0.5) is 0 Å². The molecular formula is C11H18O. The van der Waals surface area contributed by atoms with Gasteiger partial charge < -0.3 is 5.11 Å². The first-order valence-corrected chi connectivity index (χ1v) is 4.81. The summed E-state index contributed by atoms with van der Waals surface area (Å²) in [6, 6.07) is 0. The second-order valence-corrected chi connectivity index (χ2v) is 3.88. The highest BCUT2D eigenvalue weighted by atomic mass is 16.3. The summed E-state index contributed by atoms with van der Waals surface area (Å²) < 4.78 is 0. The van der Waals surface area contributed by atoms with E-state index < -0.39 is 0 Å². The Morgan fingerprint density at radius 1 is 1.42 bits per heavy atom. The maximum Gasteiger partial charge on any atom is 0.0577 e. The Morgan fingerprint density at radius 3 is 2.83 bits per heavy atom. The lowest BCUT2D eigenvalue weighted by Crippen LogP contribution is -2.27. The van der Waals surface area contributed by atoms with Crippen molar-refractivity contribution in [2.45, 2.75) is 45.6 Å². The van der Waals surface area contributed by atoms with Crippen LogP contribution in [-0.2, 0) is 0 Å². The van der Waals surface area contributed by atoms with Crippen LogP contribution in [0, 0.1) is 23.7 Å². The van der Waals surface area contributed by atoms with Gasteiger partial charge in [0.1, 0.15) is 0 Å². The van der Waals surface area contributed by atoms with Gasteiger partial charge in [-0.15, -0.1) is 11.8 Å². The van der Waals surface area contributed by atoms with E-state index in [0.717, 1.165) is 25.2 Å². The minimum Gasteiger partial charge on any atom is -0.393 e. The monoisotopic (exact) mass is 166 g/mol. The second kappa shape index (κ2) is 4.52. The molecule has 0 spiro atoms. The largest absolute Gasteiger partial charge is 0.393 e. The fourth-order valence-corrected chi connectivity index (χ4v) is 1.94. The first-order chi connectivity index (χ1) is 5.74. The predicted molar refractivity (Wildman–Crippen MR) is 50.6 cm³/mol. The summed E-state index contributed by atoms with van der Waals surface area (Å²) in [5.41, 5.74) is 0. The summed E-state index contributed by atoms with van der Waals surface area (Å²) in [6.07, 6.45) is 4.08. The molecular weight excluding hydrogens is 148 g/mol. The van der Waals surface area contributed by atoms with Crippen molar-refractivity contribution < 1.29 is 5.11 Å². The number of aliphatic hydroxyl groups excluding tert-OH is 1. The van der Waals surface area contributed by atoms with Crippen LogP contribution in [0.5, 0.6) is 0 Å². The third kappa shape index (κ3) is 2.53. The molecule has 1 aliphatic carbocycles. The Balaban J connectivity index is 2.41. The third-order valence-electron chi connectivity index (χ3n) is 2.75. The summed E-state index contributed by atoms with van der Waals surface area (Å²) in [6.45, 7) is 4.12. The van der Waals surface area contributed by atoms with Crippen molar-refractivity contribution in [2.24, 2.45) is 11.8 Å². The summed E-state index contributed by atoms with van der Waals surface area (Å²) >= 11 is 0. The van der Waals surface area contributed by atoms with Crippen molar-refractivity contribution in [1.82, 2.24) is 0 Å². The van der Waals surface area contributed by atoms with Gasteiger partial charge >= 0.3 is 0 Å². The average molecular weight is 166 g/mol. The highest BCUT2D eigenvalue weighted by molar-refractivity contribution is 4.98. The van der Waals surface area contributed by atoms with E-state index in [1.807, 2.05) is 6.92 Å². The standard InChI is InChI=1S/C11H18O/c1-3-4-5-10-8-9(2)6-7-11(10)12/h9-12H,5-8H2,1-2H3. The van der Waals surface area contributed by atoms with Crippen molar-refractivity contribution in [1.29, 1.82) is 0 Å². The van der Waals surface area contributed by atoms with Crippen LogP contribution in [0.2, 0.25) is 0 Å². The normalized spacial score (nSPS) is 35.4. The van der Waals surface area contributed by atoms with Gasteiger partial charge in [0.2, 0.25) is 0 Å². The van der Waals surface area contributed by atoms with E-state index in [9.17, 15) is 5.11 Å². The lowest BCUT2D eigenvalue weighted by Gasteiger charge is -2.30. The van der Waals surface area contributed by atoms with E-state index in [0.29, 0.717) is 5.92 Å².